The summed E-state index contributed by atoms with van der Waals surface area (Å²) in [6.07, 6.45) is 0.802. The molecule has 124 valence electrons. The van der Waals surface area contributed by atoms with Crippen LogP contribution in [-0.2, 0) is 11.3 Å². The molecule has 1 saturated heterocycles. The van der Waals surface area contributed by atoms with Gasteiger partial charge in [-0.3, -0.25) is 14.6 Å². The number of β-amino-alcohol motifs (C(OH)–C–C–N with tert-alkyl or cyclic N) is 1. The Morgan fingerprint density at radius 2 is 2.36 bits per heavy atom. The summed E-state index contributed by atoms with van der Waals surface area (Å²) in [4.78, 5) is 20.3. The minimum absolute atomic E-state index is 0.0846. The topological polar surface area (TPSA) is 68.7 Å². The highest BCUT2D eigenvalue weighted by Gasteiger charge is 2.26. The van der Waals surface area contributed by atoms with Crippen molar-refractivity contribution in [2.45, 2.75) is 45.9 Å². The second kappa shape index (κ2) is 8.01. The van der Waals surface area contributed by atoms with Crippen LogP contribution in [0.25, 0.3) is 0 Å². The molecule has 22 heavy (non-hydrogen) atoms. The fourth-order valence-corrected chi connectivity index (χ4v) is 3.63. The number of aliphatic hydroxyl groups is 1. The van der Waals surface area contributed by atoms with Crippen molar-refractivity contribution in [1.82, 2.24) is 14.8 Å². The summed E-state index contributed by atoms with van der Waals surface area (Å²) in [5, 5.41) is 15.0. The molecule has 1 aliphatic heterocycles. The first kappa shape index (κ1) is 17.3. The molecule has 6 nitrogen and oxygen atoms in total. The second-order valence-corrected chi connectivity index (χ2v) is 6.82. The summed E-state index contributed by atoms with van der Waals surface area (Å²) in [6, 6.07) is 0.483. The SMILES string of the molecule is CC[C@H]1CN(Cc2csc(NC(C)=O)n2)CCN1C[C@H](C)O. The van der Waals surface area contributed by atoms with E-state index >= 15 is 0 Å². The number of piperazine rings is 1. The fraction of sp³-hybridized carbons (Fsp3) is 0.733. The van der Waals surface area contributed by atoms with Gasteiger partial charge in [-0.1, -0.05) is 6.92 Å². The van der Waals surface area contributed by atoms with Crippen LogP contribution >= 0.6 is 11.3 Å². The Kier molecular flexibility index (Phi) is 6.31. The normalized spacial score (nSPS) is 21.7. The van der Waals surface area contributed by atoms with Gasteiger partial charge >= 0.3 is 0 Å². The van der Waals surface area contributed by atoms with Crippen molar-refractivity contribution >= 4 is 22.4 Å². The molecule has 2 heterocycles. The van der Waals surface area contributed by atoms with Crippen molar-refractivity contribution < 1.29 is 9.90 Å². The first-order valence-corrected chi connectivity index (χ1v) is 8.72. The number of carbonyl (C=O) groups excluding carboxylic acids is 1. The molecule has 1 amide bonds. The number of aliphatic hydroxyl groups excluding tert-OH is 1. The lowest BCUT2D eigenvalue weighted by Gasteiger charge is -2.41. The standard InChI is InChI=1S/C15H26N4O2S/c1-4-14-9-18(5-6-19(14)7-11(2)20)8-13-10-22-15(17-13)16-12(3)21/h10-11,14,20H,4-9H2,1-3H3,(H,16,17,21)/t11-,14-/m0/s1. The number of rotatable bonds is 6. The van der Waals surface area contributed by atoms with E-state index in [0.29, 0.717) is 11.2 Å². The molecule has 2 rings (SSSR count). The van der Waals surface area contributed by atoms with Gasteiger partial charge < -0.3 is 10.4 Å². The highest BCUT2D eigenvalue weighted by atomic mass is 32.1. The molecule has 0 aromatic carbocycles. The van der Waals surface area contributed by atoms with E-state index in [0.717, 1.165) is 44.8 Å². The highest BCUT2D eigenvalue weighted by Crippen LogP contribution is 2.19. The van der Waals surface area contributed by atoms with Crippen LogP contribution in [0.15, 0.2) is 5.38 Å². The number of hydrogen-bond donors (Lipinski definition) is 2. The van der Waals surface area contributed by atoms with Crippen LogP contribution < -0.4 is 5.32 Å². The monoisotopic (exact) mass is 326 g/mol. The van der Waals surface area contributed by atoms with Crippen LogP contribution in [0, 0.1) is 0 Å². The molecule has 1 aromatic heterocycles. The van der Waals surface area contributed by atoms with Crippen molar-refractivity contribution in [3.8, 4) is 0 Å². The number of nitrogens with zero attached hydrogens (tertiary/aromatic N) is 3. The predicted octanol–water partition coefficient (Wildman–Crippen LogP) is 1.38. The van der Waals surface area contributed by atoms with Crippen molar-refractivity contribution in [2.75, 3.05) is 31.5 Å². The zero-order chi connectivity index (χ0) is 16.1. The Morgan fingerprint density at radius 1 is 1.59 bits per heavy atom. The van der Waals surface area contributed by atoms with Crippen molar-refractivity contribution in [3.05, 3.63) is 11.1 Å². The number of aromatic nitrogens is 1. The number of thiazole rings is 1. The Labute approximate surface area is 136 Å². The van der Waals surface area contributed by atoms with Gasteiger partial charge in [0.2, 0.25) is 5.91 Å². The van der Waals surface area contributed by atoms with Gasteiger partial charge in [-0.15, -0.1) is 11.3 Å². The molecule has 0 saturated carbocycles. The Hall–Kier alpha value is -1.02. The van der Waals surface area contributed by atoms with Gasteiger partial charge in [0.1, 0.15) is 0 Å². The van der Waals surface area contributed by atoms with E-state index in [1.807, 2.05) is 12.3 Å². The molecule has 1 fully saturated rings. The molecule has 0 aliphatic carbocycles. The summed E-state index contributed by atoms with van der Waals surface area (Å²) in [6.45, 7) is 10.1. The van der Waals surface area contributed by atoms with E-state index < -0.39 is 0 Å². The van der Waals surface area contributed by atoms with Crippen molar-refractivity contribution in [2.24, 2.45) is 0 Å². The van der Waals surface area contributed by atoms with Gasteiger partial charge in [0, 0.05) is 51.1 Å². The average molecular weight is 326 g/mol. The third kappa shape index (κ3) is 5.01. The molecule has 1 aromatic rings. The van der Waals surface area contributed by atoms with E-state index in [1.54, 1.807) is 0 Å². The zero-order valence-electron chi connectivity index (χ0n) is 13.6. The van der Waals surface area contributed by atoms with E-state index in [2.05, 4.69) is 27.0 Å². The van der Waals surface area contributed by atoms with E-state index in [1.165, 1.54) is 18.3 Å². The summed E-state index contributed by atoms with van der Waals surface area (Å²) < 4.78 is 0. The molecular formula is C15H26N4O2S. The van der Waals surface area contributed by atoms with E-state index in [4.69, 9.17) is 0 Å². The first-order valence-electron chi connectivity index (χ1n) is 7.84. The number of hydrogen-bond acceptors (Lipinski definition) is 6. The maximum atomic E-state index is 11.0. The van der Waals surface area contributed by atoms with Crippen LogP contribution in [0.5, 0.6) is 0 Å². The molecule has 7 heteroatoms. The zero-order valence-corrected chi connectivity index (χ0v) is 14.4. The van der Waals surface area contributed by atoms with Crippen LogP contribution in [0.2, 0.25) is 0 Å². The summed E-state index contributed by atoms with van der Waals surface area (Å²) >= 11 is 1.47. The molecule has 1 aliphatic rings. The fourth-order valence-electron chi connectivity index (χ4n) is 2.88. The van der Waals surface area contributed by atoms with Crippen LogP contribution in [0.3, 0.4) is 0 Å². The van der Waals surface area contributed by atoms with Gasteiger partial charge in [0.05, 0.1) is 11.8 Å². The lowest BCUT2D eigenvalue weighted by atomic mass is 10.1. The largest absolute Gasteiger partial charge is 0.392 e. The summed E-state index contributed by atoms with van der Waals surface area (Å²) in [7, 11) is 0. The first-order chi connectivity index (χ1) is 10.5. The van der Waals surface area contributed by atoms with E-state index in [-0.39, 0.29) is 12.0 Å². The van der Waals surface area contributed by atoms with Gasteiger partial charge in [-0.05, 0) is 13.3 Å². The van der Waals surface area contributed by atoms with Crippen LogP contribution in [-0.4, -0.2) is 64.1 Å². The molecule has 2 atom stereocenters. The number of amides is 1. The van der Waals surface area contributed by atoms with E-state index in [9.17, 15) is 9.90 Å². The lowest BCUT2D eigenvalue weighted by Crippen LogP contribution is -2.54. The Bertz CT molecular complexity index is 492. The summed E-state index contributed by atoms with van der Waals surface area (Å²) in [5.74, 6) is -0.0846. The quantitative estimate of drug-likeness (QED) is 0.826. The third-order valence-electron chi connectivity index (χ3n) is 3.88. The van der Waals surface area contributed by atoms with Crippen LogP contribution in [0.4, 0.5) is 5.13 Å². The van der Waals surface area contributed by atoms with Crippen molar-refractivity contribution in [1.29, 1.82) is 0 Å². The van der Waals surface area contributed by atoms with Crippen LogP contribution in [0.1, 0.15) is 32.9 Å². The third-order valence-corrected chi connectivity index (χ3v) is 4.69. The Balaban J connectivity index is 1.89. The maximum Gasteiger partial charge on any atom is 0.223 e. The Morgan fingerprint density at radius 3 is 3.00 bits per heavy atom. The highest BCUT2D eigenvalue weighted by molar-refractivity contribution is 7.13. The molecular weight excluding hydrogens is 300 g/mol. The molecule has 2 N–H and O–H groups in total. The summed E-state index contributed by atoms with van der Waals surface area (Å²) in [5.41, 5.74) is 1.01. The van der Waals surface area contributed by atoms with Gasteiger partial charge in [0.25, 0.3) is 0 Å². The smallest absolute Gasteiger partial charge is 0.223 e. The molecule has 0 unspecified atom stereocenters. The minimum Gasteiger partial charge on any atom is -0.392 e. The number of nitrogens with one attached hydrogen (secondary N) is 1. The van der Waals surface area contributed by atoms with Gasteiger partial charge in [0.15, 0.2) is 5.13 Å². The average Bonchev–Trinajstić information content (AvgIpc) is 2.86. The number of carbonyl (C=O) groups is 1. The minimum atomic E-state index is -0.278. The molecule has 0 spiro atoms. The number of anilines is 1. The predicted molar refractivity (Wildman–Crippen MR) is 89.0 cm³/mol. The van der Waals surface area contributed by atoms with Crippen molar-refractivity contribution in [3.63, 3.8) is 0 Å². The molecule has 0 bridgehead atoms. The lowest BCUT2D eigenvalue weighted by molar-refractivity contribution is -0.114. The molecule has 0 radical (unpaired) electrons. The van der Waals surface area contributed by atoms with Gasteiger partial charge in [-0.2, -0.15) is 0 Å². The van der Waals surface area contributed by atoms with Gasteiger partial charge in [-0.25, -0.2) is 4.98 Å². The maximum absolute atomic E-state index is 11.0. The second-order valence-electron chi connectivity index (χ2n) is 5.97.